The molecule has 0 fully saturated rings. The standard InChI is InChI=1S/C15H22O3S/c1-3-17-15(16)13-6-4-5-7-14(13)18-10-8-12(2)9-11-19/h4-7,12,19H,3,8-11H2,1-2H3. The van der Waals surface area contributed by atoms with Crippen LogP contribution in [0.15, 0.2) is 24.3 Å². The highest BCUT2D eigenvalue weighted by Crippen LogP contribution is 2.20. The summed E-state index contributed by atoms with van der Waals surface area (Å²) in [6, 6.07) is 7.19. The number of rotatable bonds is 8. The van der Waals surface area contributed by atoms with Crippen molar-refractivity contribution in [2.75, 3.05) is 19.0 Å². The van der Waals surface area contributed by atoms with E-state index in [9.17, 15) is 4.79 Å². The number of para-hydroxylation sites is 1. The largest absolute Gasteiger partial charge is 0.493 e. The lowest BCUT2D eigenvalue weighted by molar-refractivity contribution is 0.0521. The zero-order valence-electron chi connectivity index (χ0n) is 11.6. The highest BCUT2D eigenvalue weighted by Gasteiger charge is 2.13. The number of hydrogen-bond donors (Lipinski definition) is 1. The smallest absolute Gasteiger partial charge is 0.341 e. The Balaban J connectivity index is 2.55. The predicted octanol–water partition coefficient (Wildman–Crippen LogP) is 3.59. The van der Waals surface area contributed by atoms with Gasteiger partial charge in [0, 0.05) is 0 Å². The van der Waals surface area contributed by atoms with Crippen molar-refractivity contribution in [2.24, 2.45) is 5.92 Å². The van der Waals surface area contributed by atoms with Crippen molar-refractivity contribution in [3.63, 3.8) is 0 Å². The number of esters is 1. The molecule has 0 radical (unpaired) electrons. The number of hydrogen-bond acceptors (Lipinski definition) is 4. The van der Waals surface area contributed by atoms with E-state index in [1.165, 1.54) is 0 Å². The fraction of sp³-hybridized carbons (Fsp3) is 0.533. The molecular formula is C15H22O3S. The molecule has 0 saturated heterocycles. The molecule has 0 amide bonds. The number of benzene rings is 1. The lowest BCUT2D eigenvalue weighted by Crippen LogP contribution is -2.10. The van der Waals surface area contributed by atoms with Crippen LogP contribution in [-0.4, -0.2) is 24.9 Å². The monoisotopic (exact) mass is 282 g/mol. The number of carbonyl (C=O) groups excluding carboxylic acids is 1. The molecule has 0 aliphatic carbocycles. The molecule has 0 spiro atoms. The Morgan fingerprint density at radius 1 is 1.32 bits per heavy atom. The van der Waals surface area contributed by atoms with Gasteiger partial charge in [0.25, 0.3) is 0 Å². The minimum absolute atomic E-state index is 0.332. The third-order valence-corrected chi connectivity index (χ3v) is 3.13. The van der Waals surface area contributed by atoms with Crippen molar-refractivity contribution in [3.8, 4) is 5.75 Å². The van der Waals surface area contributed by atoms with Gasteiger partial charge in [0.2, 0.25) is 0 Å². The first-order chi connectivity index (χ1) is 9.19. The molecule has 4 heteroatoms. The topological polar surface area (TPSA) is 35.5 Å². The Kier molecular flexibility index (Phi) is 7.41. The summed E-state index contributed by atoms with van der Waals surface area (Å²) >= 11 is 4.22. The van der Waals surface area contributed by atoms with Gasteiger partial charge in [0.05, 0.1) is 13.2 Å². The molecule has 1 aromatic rings. The lowest BCUT2D eigenvalue weighted by Gasteiger charge is -2.13. The van der Waals surface area contributed by atoms with Crippen LogP contribution in [0.4, 0.5) is 0 Å². The lowest BCUT2D eigenvalue weighted by atomic mass is 10.1. The van der Waals surface area contributed by atoms with E-state index in [-0.39, 0.29) is 5.97 Å². The van der Waals surface area contributed by atoms with Crippen molar-refractivity contribution in [1.29, 1.82) is 0 Å². The van der Waals surface area contributed by atoms with E-state index in [4.69, 9.17) is 9.47 Å². The fourth-order valence-electron chi connectivity index (χ4n) is 1.70. The molecule has 1 aromatic carbocycles. The van der Waals surface area contributed by atoms with Gasteiger partial charge in [-0.05, 0) is 43.6 Å². The zero-order valence-corrected chi connectivity index (χ0v) is 12.5. The molecule has 0 heterocycles. The summed E-state index contributed by atoms with van der Waals surface area (Å²) in [4.78, 5) is 11.8. The highest BCUT2D eigenvalue weighted by molar-refractivity contribution is 7.80. The maximum absolute atomic E-state index is 11.8. The Labute approximate surface area is 120 Å². The molecule has 0 aliphatic heterocycles. The van der Waals surface area contributed by atoms with Gasteiger partial charge >= 0.3 is 5.97 Å². The molecule has 0 saturated carbocycles. The van der Waals surface area contributed by atoms with Gasteiger partial charge in [-0.2, -0.15) is 12.6 Å². The number of thiol groups is 1. The summed E-state index contributed by atoms with van der Waals surface area (Å²) in [6.45, 7) is 4.94. The second-order valence-electron chi connectivity index (χ2n) is 4.47. The van der Waals surface area contributed by atoms with Crippen molar-refractivity contribution < 1.29 is 14.3 Å². The van der Waals surface area contributed by atoms with E-state index >= 15 is 0 Å². The number of carbonyl (C=O) groups is 1. The van der Waals surface area contributed by atoms with Crippen molar-refractivity contribution in [3.05, 3.63) is 29.8 Å². The fourth-order valence-corrected chi connectivity index (χ4v) is 2.15. The van der Waals surface area contributed by atoms with Crippen LogP contribution < -0.4 is 4.74 Å². The van der Waals surface area contributed by atoms with E-state index < -0.39 is 0 Å². The van der Waals surface area contributed by atoms with Gasteiger partial charge in [-0.3, -0.25) is 0 Å². The van der Waals surface area contributed by atoms with Crippen LogP contribution in [-0.2, 0) is 4.74 Å². The predicted molar refractivity (Wildman–Crippen MR) is 80.1 cm³/mol. The van der Waals surface area contributed by atoms with Gasteiger partial charge in [0.15, 0.2) is 0 Å². The average Bonchev–Trinajstić information content (AvgIpc) is 2.40. The molecule has 3 nitrogen and oxygen atoms in total. The second kappa shape index (κ2) is 8.86. The first kappa shape index (κ1) is 15.9. The van der Waals surface area contributed by atoms with Crippen LogP contribution in [0.2, 0.25) is 0 Å². The minimum Gasteiger partial charge on any atom is -0.493 e. The summed E-state index contributed by atoms with van der Waals surface area (Å²) in [5, 5.41) is 0. The minimum atomic E-state index is -0.332. The zero-order chi connectivity index (χ0) is 14.1. The van der Waals surface area contributed by atoms with Crippen LogP contribution in [0.3, 0.4) is 0 Å². The van der Waals surface area contributed by atoms with Gasteiger partial charge in [-0.25, -0.2) is 4.79 Å². The molecule has 1 atom stereocenters. The first-order valence-electron chi connectivity index (χ1n) is 6.68. The van der Waals surface area contributed by atoms with Crippen molar-refractivity contribution in [2.45, 2.75) is 26.7 Å². The molecule has 106 valence electrons. The Bertz CT molecular complexity index is 393. The molecule has 0 aromatic heterocycles. The quantitative estimate of drug-likeness (QED) is 0.584. The van der Waals surface area contributed by atoms with Crippen LogP contribution in [0.25, 0.3) is 0 Å². The maximum Gasteiger partial charge on any atom is 0.341 e. The summed E-state index contributed by atoms with van der Waals surface area (Å²) in [5.74, 6) is 1.73. The van der Waals surface area contributed by atoms with Gasteiger partial charge in [-0.15, -0.1) is 0 Å². The Hall–Kier alpha value is -1.16. The summed E-state index contributed by atoms with van der Waals surface area (Å²) < 4.78 is 10.7. The SMILES string of the molecule is CCOC(=O)c1ccccc1OCCC(C)CCS. The molecule has 1 rings (SSSR count). The van der Waals surface area contributed by atoms with Crippen LogP contribution >= 0.6 is 12.6 Å². The van der Waals surface area contributed by atoms with Crippen LogP contribution in [0, 0.1) is 5.92 Å². The third kappa shape index (κ3) is 5.55. The van der Waals surface area contributed by atoms with E-state index in [1.54, 1.807) is 19.1 Å². The van der Waals surface area contributed by atoms with E-state index in [0.29, 0.717) is 30.4 Å². The van der Waals surface area contributed by atoms with E-state index in [0.717, 1.165) is 18.6 Å². The Morgan fingerprint density at radius 2 is 2.05 bits per heavy atom. The van der Waals surface area contributed by atoms with E-state index in [2.05, 4.69) is 19.6 Å². The molecule has 0 bridgehead atoms. The van der Waals surface area contributed by atoms with Crippen LogP contribution in [0.1, 0.15) is 37.0 Å². The van der Waals surface area contributed by atoms with Gasteiger partial charge in [0.1, 0.15) is 11.3 Å². The molecule has 1 unspecified atom stereocenters. The molecular weight excluding hydrogens is 260 g/mol. The summed E-state index contributed by atoms with van der Waals surface area (Å²) in [6.07, 6.45) is 2.03. The molecule has 19 heavy (non-hydrogen) atoms. The maximum atomic E-state index is 11.8. The normalized spacial score (nSPS) is 11.9. The Morgan fingerprint density at radius 3 is 2.74 bits per heavy atom. The molecule has 0 N–H and O–H groups in total. The third-order valence-electron chi connectivity index (χ3n) is 2.87. The average molecular weight is 282 g/mol. The summed E-state index contributed by atoms with van der Waals surface area (Å²) in [7, 11) is 0. The first-order valence-corrected chi connectivity index (χ1v) is 7.32. The van der Waals surface area contributed by atoms with Gasteiger partial charge in [-0.1, -0.05) is 19.1 Å². The second-order valence-corrected chi connectivity index (χ2v) is 4.92. The van der Waals surface area contributed by atoms with E-state index in [1.807, 2.05) is 12.1 Å². The number of ether oxygens (including phenoxy) is 2. The van der Waals surface area contributed by atoms with Crippen molar-refractivity contribution >= 4 is 18.6 Å². The van der Waals surface area contributed by atoms with Gasteiger partial charge < -0.3 is 9.47 Å². The van der Waals surface area contributed by atoms with Crippen molar-refractivity contribution in [1.82, 2.24) is 0 Å². The molecule has 0 aliphatic rings. The summed E-state index contributed by atoms with van der Waals surface area (Å²) in [5.41, 5.74) is 0.492. The highest BCUT2D eigenvalue weighted by atomic mass is 32.1. The van der Waals surface area contributed by atoms with Crippen LogP contribution in [0.5, 0.6) is 5.75 Å².